The lowest BCUT2D eigenvalue weighted by Crippen LogP contribution is -2.27. The lowest BCUT2D eigenvalue weighted by molar-refractivity contribution is 0.802. The molecule has 0 atom stereocenters. The molecule has 0 bridgehead atoms. The van der Waals surface area contributed by atoms with E-state index in [0.29, 0.717) is 5.88 Å². The van der Waals surface area contributed by atoms with Crippen LogP contribution in [-0.4, -0.2) is 13.1 Å². The van der Waals surface area contributed by atoms with Crippen molar-refractivity contribution in [3.05, 3.63) is 64.2 Å². The number of anilines is 1. The van der Waals surface area contributed by atoms with Crippen LogP contribution < -0.4 is 4.90 Å². The first-order valence-corrected chi connectivity index (χ1v) is 7.86. The average molecular weight is 306 g/mol. The van der Waals surface area contributed by atoms with Gasteiger partial charge in [0.1, 0.15) is 0 Å². The number of nitrogens with zero attached hydrogens (tertiary/aromatic N) is 1. The molecule has 2 aromatic carbocycles. The lowest BCUT2D eigenvalue weighted by Gasteiger charge is -2.25. The molecule has 0 spiro atoms. The van der Waals surface area contributed by atoms with E-state index in [1.54, 1.807) is 0 Å². The van der Waals surface area contributed by atoms with Gasteiger partial charge in [0.2, 0.25) is 0 Å². The molecule has 0 amide bonds. The second-order valence-corrected chi connectivity index (χ2v) is 5.80. The van der Waals surface area contributed by atoms with Crippen LogP contribution in [0.5, 0.6) is 0 Å². The predicted octanol–water partition coefficient (Wildman–Crippen LogP) is 4.68. The van der Waals surface area contributed by atoms with Crippen LogP contribution in [0.2, 0.25) is 5.02 Å². The van der Waals surface area contributed by atoms with Gasteiger partial charge in [-0.1, -0.05) is 41.9 Å². The van der Waals surface area contributed by atoms with Crippen LogP contribution in [0, 0.1) is 0 Å². The Kier molecular flexibility index (Phi) is 4.18. The zero-order valence-electron chi connectivity index (χ0n) is 11.3. The molecule has 0 fully saturated rings. The van der Waals surface area contributed by atoms with Crippen molar-refractivity contribution in [1.29, 1.82) is 0 Å². The Labute approximate surface area is 130 Å². The summed E-state index contributed by atoms with van der Waals surface area (Å²) < 4.78 is 0. The molecular weight excluding hydrogens is 289 g/mol. The zero-order chi connectivity index (χ0) is 13.9. The van der Waals surface area contributed by atoms with E-state index in [4.69, 9.17) is 23.2 Å². The van der Waals surface area contributed by atoms with Crippen LogP contribution in [0.25, 0.3) is 0 Å². The number of halogens is 2. The van der Waals surface area contributed by atoms with Gasteiger partial charge in [-0.2, -0.15) is 0 Å². The third-order valence-electron chi connectivity index (χ3n) is 3.99. The summed E-state index contributed by atoms with van der Waals surface area (Å²) in [6, 6.07) is 14.8. The van der Waals surface area contributed by atoms with E-state index in [9.17, 15) is 0 Å². The van der Waals surface area contributed by atoms with Gasteiger partial charge in [-0.05, 0) is 36.1 Å². The minimum atomic E-state index is 0.457. The fourth-order valence-corrected chi connectivity index (χ4v) is 3.47. The van der Waals surface area contributed by atoms with Crippen molar-refractivity contribution in [3.63, 3.8) is 0 Å². The van der Waals surface area contributed by atoms with Crippen LogP contribution in [0.4, 0.5) is 5.69 Å². The van der Waals surface area contributed by atoms with Crippen LogP contribution in [0.1, 0.15) is 16.7 Å². The number of fused-ring (bicyclic) bond motifs is 1. The normalized spacial score (nSPS) is 14.8. The van der Waals surface area contributed by atoms with Gasteiger partial charge in [0.15, 0.2) is 0 Å². The van der Waals surface area contributed by atoms with E-state index in [0.717, 1.165) is 36.5 Å². The predicted molar refractivity (Wildman–Crippen MR) is 87.1 cm³/mol. The smallest absolute Gasteiger partial charge is 0.0509 e. The number of alkyl halides is 1. The molecule has 0 aromatic heterocycles. The van der Waals surface area contributed by atoms with E-state index in [1.165, 1.54) is 16.8 Å². The second kappa shape index (κ2) is 6.07. The van der Waals surface area contributed by atoms with Gasteiger partial charge in [-0.25, -0.2) is 0 Å². The minimum absolute atomic E-state index is 0.457. The Hall–Kier alpha value is -1.18. The van der Waals surface area contributed by atoms with Gasteiger partial charge in [-0.15, -0.1) is 11.6 Å². The standard InChI is InChI=1S/C17H17Cl2N/c18-12-15-16(19)6-3-7-17(15)20-10-8-13-4-1-2-5-14(13)9-11-20/h1-7H,8-12H2. The molecule has 3 rings (SSSR count). The van der Waals surface area contributed by atoms with Gasteiger partial charge in [0, 0.05) is 29.4 Å². The summed E-state index contributed by atoms with van der Waals surface area (Å²) in [7, 11) is 0. The number of hydrogen-bond donors (Lipinski definition) is 0. The maximum Gasteiger partial charge on any atom is 0.0509 e. The highest BCUT2D eigenvalue weighted by Gasteiger charge is 2.17. The van der Waals surface area contributed by atoms with E-state index < -0.39 is 0 Å². The van der Waals surface area contributed by atoms with Crippen LogP contribution in [0.3, 0.4) is 0 Å². The SMILES string of the molecule is ClCc1c(Cl)cccc1N1CCc2ccccc2CC1. The van der Waals surface area contributed by atoms with E-state index in [1.807, 2.05) is 12.1 Å². The molecule has 0 saturated carbocycles. The maximum atomic E-state index is 6.27. The molecule has 0 unspecified atom stereocenters. The van der Waals surface area contributed by atoms with Crippen LogP contribution in [-0.2, 0) is 18.7 Å². The highest BCUT2D eigenvalue weighted by molar-refractivity contribution is 6.32. The molecular formula is C17H17Cl2N. The van der Waals surface area contributed by atoms with E-state index in [2.05, 4.69) is 35.2 Å². The third-order valence-corrected chi connectivity index (χ3v) is 4.61. The van der Waals surface area contributed by atoms with Crippen molar-refractivity contribution < 1.29 is 0 Å². The summed E-state index contributed by atoms with van der Waals surface area (Å²) in [6.45, 7) is 2.03. The molecule has 1 aliphatic rings. The Morgan fingerprint density at radius 1 is 0.900 bits per heavy atom. The van der Waals surface area contributed by atoms with Gasteiger partial charge < -0.3 is 4.90 Å². The fourth-order valence-electron chi connectivity index (χ4n) is 2.88. The molecule has 1 heterocycles. The van der Waals surface area contributed by atoms with Crippen molar-refractivity contribution in [2.45, 2.75) is 18.7 Å². The Balaban J connectivity index is 1.89. The topological polar surface area (TPSA) is 3.24 Å². The Morgan fingerprint density at radius 2 is 1.55 bits per heavy atom. The molecule has 1 aliphatic heterocycles. The van der Waals surface area contributed by atoms with Crippen molar-refractivity contribution in [1.82, 2.24) is 0 Å². The number of benzene rings is 2. The largest absolute Gasteiger partial charge is 0.371 e. The average Bonchev–Trinajstić information content (AvgIpc) is 2.69. The first-order valence-electron chi connectivity index (χ1n) is 6.94. The molecule has 0 saturated heterocycles. The van der Waals surface area contributed by atoms with E-state index in [-0.39, 0.29) is 0 Å². The summed E-state index contributed by atoms with van der Waals surface area (Å²) in [6.07, 6.45) is 2.15. The highest BCUT2D eigenvalue weighted by atomic mass is 35.5. The Morgan fingerprint density at radius 3 is 2.15 bits per heavy atom. The first-order chi connectivity index (χ1) is 9.79. The molecule has 0 radical (unpaired) electrons. The molecule has 0 N–H and O–H groups in total. The van der Waals surface area contributed by atoms with Crippen LogP contribution >= 0.6 is 23.2 Å². The fraction of sp³-hybridized carbons (Fsp3) is 0.294. The first kappa shape index (κ1) is 13.8. The summed E-state index contributed by atoms with van der Waals surface area (Å²) in [5, 5.41) is 0.763. The lowest BCUT2D eigenvalue weighted by atomic mass is 10.0. The third kappa shape index (κ3) is 2.65. The number of rotatable bonds is 2. The van der Waals surface area contributed by atoms with Gasteiger partial charge in [-0.3, -0.25) is 0 Å². The van der Waals surface area contributed by atoms with Gasteiger partial charge in [0.05, 0.1) is 5.88 Å². The number of hydrogen-bond acceptors (Lipinski definition) is 1. The maximum absolute atomic E-state index is 6.27. The van der Waals surface area contributed by atoms with Gasteiger partial charge >= 0.3 is 0 Å². The van der Waals surface area contributed by atoms with Gasteiger partial charge in [0.25, 0.3) is 0 Å². The van der Waals surface area contributed by atoms with Crippen LogP contribution in [0.15, 0.2) is 42.5 Å². The minimum Gasteiger partial charge on any atom is -0.371 e. The summed E-state index contributed by atoms with van der Waals surface area (Å²) in [5.74, 6) is 0.457. The quantitative estimate of drug-likeness (QED) is 0.728. The monoisotopic (exact) mass is 305 g/mol. The van der Waals surface area contributed by atoms with Crippen molar-refractivity contribution in [2.75, 3.05) is 18.0 Å². The zero-order valence-corrected chi connectivity index (χ0v) is 12.8. The molecule has 3 heteroatoms. The second-order valence-electron chi connectivity index (χ2n) is 5.13. The van der Waals surface area contributed by atoms with Crippen molar-refractivity contribution in [2.24, 2.45) is 0 Å². The van der Waals surface area contributed by atoms with Crippen molar-refractivity contribution in [3.8, 4) is 0 Å². The van der Waals surface area contributed by atoms with Crippen molar-refractivity contribution >= 4 is 28.9 Å². The summed E-state index contributed by atoms with van der Waals surface area (Å²) in [5.41, 5.74) is 5.15. The molecule has 104 valence electrons. The summed E-state index contributed by atoms with van der Waals surface area (Å²) >= 11 is 12.3. The summed E-state index contributed by atoms with van der Waals surface area (Å²) in [4.78, 5) is 2.41. The Bertz CT molecular complexity index is 583. The highest BCUT2D eigenvalue weighted by Crippen LogP contribution is 2.30. The molecule has 20 heavy (non-hydrogen) atoms. The molecule has 2 aromatic rings. The van der Waals surface area contributed by atoms with E-state index >= 15 is 0 Å². The molecule has 1 nitrogen and oxygen atoms in total. The molecule has 0 aliphatic carbocycles.